The fourth-order valence-corrected chi connectivity index (χ4v) is 1.88. The third-order valence-electron chi connectivity index (χ3n) is 3.28. The molecule has 0 aliphatic rings. The third-order valence-corrected chi connectivity index (χ3v) is 3.28. The van der Waals surface area contributed by atoms with Gasteiger partial charge in [0.15, 0.2) is 0 Å². The lowest BCUT2D eigenvalue weighted by molar-refractivity contribution is 0.0955. The van der Waals surface area contributed by atoms with E-state index in [4.69, 9.17) is 4.74 Å². The highest BCUT2D eigenvalue weighted by atomic mass is 16.5. The van der Waals surface area contributed by atoms with Crippen molar-refractivity contribution in [2.24, 2.45) is 5.10 Å². The van der Waals surface area contributed by atoms with Crippen LogP contribution >= 0.6 is 0 Å². The van der Waals surface area contributed by atoms with E-state index in [9.17, 15) is 4.79 Å². The van der Waals surface area contributed by atoms with Crippen LogP contribution in [-0.4, -0.2) is 19.2 Å². The third kappa shape index (κ3) is 3.69. The summed E-state index contributed by atoms with van der Waals surface area (Å²) >= 11 is 0. The van der Waals surface area contributed by atoms with Gasteiger partial charge in [0.1, 0.15) is 5.75 Å². The van der Waals surface area contributed by atoms with Crippen molar-refractivity contribution in [2.45, 2.75) is 13.8 Å². The molecular formula is C17H18N2O2. The molecule has 21 heavy (non-hydrogen) atoms. The molecule has 2 aromatic rings. The summed E-state index contributed by atoms with van der Waals surface area (Å²) in [5.41, 5.74) is 6.16. The number of nitrogens with zero attached hydrogens (tertiary/aromatic N) is 1. The molecule has 1 N–H and O–H groups in total. The molecule has 108 valence electrons. The van der Waals surface area contributed by atoms with Crippen LogP contribution in [0, 0.1) is 13.8 Å². The molecule has 0 aliphatic carbocycles. The quantitative estimate of drug-likeness (QED) is 0.692. The highest BCUT2D eigenvalue weighted by Crippen LogP contribution is 2.14. The van der Waals surface area contributed by atoms with E-state index in [0.29, 0.717) is 11.3 Å². The number of hydrogen-bond acceptors (Lipinski definition) is 3. The first kappa shape index (κ1) is 14.8. The summed E-state index contributed by atoms with van der Waals surface area (Å²) in [6.07, 6.45) is 1.57. The number of hydrogen-bond donors (Lipinski definition) is 1. The highest BCUT2D eigenvalue weighted by molar-refractivity contribution is 5.95. The lowest BCUT2D eigenvalue weighted by Gasteiger charge is -2.05. The maximum Gasteiger partial charge on any atom is 0.271 e. The molecule has 4 nitrogen and oxygen atoms in total. The van der Waals surface area contributed by atoms with Gasteiger partial charge in [-0.1, -0.05) is 18.2 Å². The van der Waals surface area contributed by atoms with E-state index in [1.54, 1.807) is 19.4 Å². The average molecular weight is 282 g/mol. The maximum atomic E-state index is 12.0. The Balaban J connectivity index is 2.06. The molecule has 1 amide bonds. The van der Waals surface area contributed by atoms with E-state index < -0.39 is 0 Å². The lowest BCUT2D eigenvalue weighted by Crippen LogP contribution is -2.17. The second-order valence-corrected chi connectivity index (χ2v) is 4.74. The van der Waals surface area contributed by atoms with Gasteiger partial charge < -0.3 is 4.74 Å². The predicted molar refractivity (Wildman–Crippen MR) is 84.0 cm³/mol. The van der Waals surface area contributed by atoms with Gasteiger partial charge >= 0.3 is 0 Å². The zero-order valence-corrected chi connectivity index (χ0v) is 12.4. The van der Waals surface area contributed by atoms with Crippen molar-refractivity contribution in [3.8, 4) is 5.75 Å². The second kappa shape index (κ2) is 6.70. The van der Waals surface area contributed by atoms with Gasteiger partial charge in [0.05, 0.1) is 13.3 Å². The molecule has 2 rings (SSSR count). The molecule has 0 saturated carbocycles. The highest BCUT2D eigenvalue weighted by Gasteiger charge is 2.05. The zero-order valence-electron chi connectivity index (χ0n) is 12.4. The van der Waals surface area contributed by atoms with Gasteiger partial charge in [-0.15, -0.1) is 0 Å². The van der Waals surface area contributed by atoms with Crippen LogP contribution in [0.15, 0.2) is 47.6 Å². The topological polar surface area (TPSA) is 50.7 Å². The van der Waals surface area contributed by atoms with Gasteiger partial charge in [-0.3, -0.25) is 4.79 Å². The number of hydrazone groups is 1. The number of carbonyl (C=O) groups excluding carboxylic acids is 1. The molecule has 0 heterocycles. The van der Waals surface area contributed by atoms with E-state index in [2.05, 4.69) is 10.5 Å². The van der Waals surface area contributed by atoms with Crippen LogP contribution in [0.3, 0.4) is 0 Å². The summed E-state index contributed by atoms with van der Waals surface area (Å²) in [6, 6.07) is 13.0. The molecule has 0 aliphatic heterocycles. The second-order valence-electron chi connectivity index (χ2n) is 4.74. The Morgan fingerprint density at radius 2 is 1.90 bits per heavy atom. The minimum atomic E-state index is -0.232. The Hall–Kier alpha value is -2.62. The molecule has 4 heteroatoms. The standard InChI is InChI=1S/C17H18N2O2/c1-12-8-9-14(10-13(12)2)17(20)19-18-11-15-6-4-5-7-16(15)21-3/h4-11H,1-3H3,(H,19,20)/b18-11+. The molecule has 0 spiro atoms. The largest absolute Gasteiger partial charge is 0.496 e. The van der Waals surface area contributed by atoms with Crippen molar-refractivity contribution in [2.75, 3.05) is 7.11 Å². The monoisotopic (exact) mass is 282 g/mol. The minimum absolute atomic E-state index is 0.232. The number of amides is 1. The van der Waals surface area contributed by atoms with Gasteiger partial charge in [-0.2, -0.15) is 5.10 Å². The summed E-state index contributed by atoms with van der Waals surface area (Å²) < 4.78 is 5.21. The fourth-order valence-electron chi connectivity index (χ4n) is 1.88. The van der Waals surface area contributed by atoms with Crippen LogP contribution in [-0.2, 0) is 0 Å². The number of nitrogens with one attached hydrogen (secondary N) is 1. The SMILES string of the molecule is COc1ccccc1/C=N/NC(=O)c1ccc(C)c(C)c1. The van der Waals surface area contributed by atoms with Gasteiger partial charge in [0.2, 0.25) is 0 Å². The molecular weight excluding hydrogens is 264 g/mol. The summed E-state index contributed by atoms with van der Waals surface area (Å²) in [4.78, 5) is 12.0. The van der Waals surface area contributed by atoms with E-state index in [1.165, 1.54) is 0 Å². The van der Waals surface area contributed by atoms with Crippen molar-refractivity contribution in [3.63, 3.8) is 0 Å². The van der Waals surface area contributed by atoms with Crippen LogP contribution in [0.1, 0.15) is 27.0 Å². The number of carbonyl (C=O) groups is 1. The number of para-hydroxylation sites is 1. The first-order valence-electron chi connectivity index (χ1n) is 6.65. The van der Waals surface area contributed by atoms with E-state index in [0.717, 1.165) is 16.7 Å². The van der Waals surface area contributed by atoms with Crippen LogP contribution in [0.2, 0.25) is 0 Å². The van der Waals surface area contributed by atoms with Crippen LogP contribution in [0.25, 0.3) is 0 Å². The van der Waals surface area contributed by atoms with Crippen LogP contribution in [0.5, 0.6) is 5.75 Å². The van der Waals surface area contributed by atoms with Crippen LogP contribution < -0.4 is 10.2 Å². The average Bonchev–Trinajstić information content (AvgIpc) is 2.50. The van der Waals surface area contributed by atoms with Crippen molar-refractivity contribution in [1.29, 1.82) is 0 Å². The van der Waals surface area contributed by atoms with E-state index >= 15 is 0 Å². The first-order valence-corrected chi connectivity index (χ1v) is 6.65. The number of aryl methyl sites for hydroxylation is 2. The normalized spacial score (nSPS) is 10.6. The maximum absolute atomic E-state index is 12.0. The van der Waals surface area contributed by atoms with Gasteiger partial charge in [0, 0.05) is 11.1 Å². The predicted octanol–water partition coefficient (Wildman–Crippen LogP) is 3.08. The Kier molecular flexibility index (Phi) is 4.72. The summed E-state index contributed by atoms with van der Waals surface area (Å²) in [5, 5.41) is 3.97. The minimum Gasteiger partial charge on any atom is -0.496 e. The number of rotatable bonds is 4. The molecule has 0 unspecified atom stereocenters. The van der Waals surface area contributed by atoms with Crippen molar-refractivity contribution >= 4 is 12.1 Å². The molecule has 0 atom stereocenters. The molecule has 0 radical (unpaired) electrons. The fraction of sp³-hybridized carbons (Fsp3) is 0.176. The zero-order chi connectivity index (χ0) is 15.2. The molecule has 0 saturated heterocycles. The number of methoxy groups -OCH3 is 1. The summed E-state index contributed by atoms with van der Waals surface area (Å²) in [7, 11) is 1.60. The Morgan fingerprint density at radius 1 is 1.14 bits per heavy atom. The van der Waals surface area contributed by atoms with Gasteiger partial charge in [-0.25, -0.2) is 5.43 Å². The van der Waals surface area contributed by atoms with E-state index in [1.807, 2.05) is 50.2 Å². The molecule has 0 bridgehead atoms. The summed E-state index contributed by atoms with van der Waals surface area (Å²) in [5.74, 6) is 0.478. The molecule has 0 aromatic heterocycles. The van der Waals surface area contributed by atoms with Crippen molar-refractivity contribution in [1.82, 2.24) is 5.43 Å². The molecule has 0 fully saturated rings. The van der Waals surface area contributed by atoms with Gasteiger partial charge in [0.25, 0.3) is 5.91 Å². The van der Waals surface area contributed by atoms with Crippen molar-refractivity contribution in [3.05, 3.63) is 64.7 Å². The molecule has 2 aromatic carbocycles. The number of benzene rings is 2. The van der Waals surface area contributed by atoms with Crippen molar-refractivity contribution < 1.29 is 9.53 Å². The summed E-state index contributed by atoms with van der Waals surface area (Å²) in [6.45, 7) is 3.99. The number of ether oxygens (including phenoxy) is 1. The smallest absolute Gasteiger partial charge is 0.271 e. The Morgan fingerprint density at radius 3 is 2.62 bits per heavy atom. The van der Waals surface area contributed by atoms with Gasteiger partial charge in [-0.05, 0) is 49.2 Å². The Bertz CT molecular complexity index is 678. The lowest BCUT2D eigenvalue weighted by atomic mass is 10.1. The first-order chi connectivity index (χ1) is 10.1. The van der Waals surface area contributed by atoms with Crippen LogP contribution in [0.4, 0.5) is 0 Å². The Labute approximate surface area is 124 Å². The van der Waals surface area contributed by atoms with E-state index in [-0.39, 0.29) is 5.91 Å².